The third-order valence-corrected chi connectivity index (χ3v) is 3.95. The maximum atomic E-state index is 11.7. The highest BCUT2D eigenvalue weighted by Crippen LogP contribution is 2.26. The summed E-state index contributed by atoms with van der Waals surface area (Å²) in [4.78, 5) is 16.2. The van der Waals surface area contributed by atoms with Crippen molar-refractivity contribution in [1.82, 2.24) is 9.55 Å². The van der Waals surface area contributed by atoms with Gasteiger partial charge in [-0.1, -0.05) is 12.1 Å². The van der Waals surface area contributed by atoms with Crippen LogP contribution in [0.2, 0.25) is 0 Å². The molecule has 1 atom stereocenters. The number of carbonyl (C=O) groups is 1. The van der Waals surface area contributed by atoms with Crippen LogP contribution in [0.1, 0.15) is 25.5 Å². The molecule has 1 unspecified atom stereocenters. The predicted molar refractivity (Wildman–Crippen MR) is 84.5 cm³/mol. The molecule has 2 aromatic rings. The van der Waals surface area contributed by atoms with Gasteiger partial charge in [0.15, 0.2) is 0 Å². The van der Waals surface area contributed by atoms with Gasteiger partial charge in [0.1, 0.15) is 11.2 Å². The number of carbonyl (C=O) groups excluding carboxylic acids is 1. The molecule has 1 N–H and O–H groups in total. The molecular weight excluding hydrogens is 286 g/mol. The van der Waals surface area contributed by atoms with Crippen LogP contribution in [-0.4, -0.2) is 20.8 Å². The maximum Gasteiger partial charge on any atom is 0.242 e. The number of imidazole rings is 1. The van der Waals surface area contributed by atoms with Crippen molar-refractivity contribution < 1.29 is 4.79 Å². The highest BCUT2D eigenvalue weighted by Gasteiger charge is 2.16. The van der Waals surface area contributed by atoms with E-state index in [9.17, 15) is 4.79 Å². The van der Waals surface area contributed by atoms with Crippen LogP contribution in [0.4, 0.5) is 5.69 Å². The van der Waals surface area contributed by atoms with Crippen molar-refractivity contribution in [2.75, 3.05) is 5.32 Å². The van der Waals surface area contributed by atoms with Crippen molar-refractivity contribution >= 4 is 23.2 Å². The summed E-state index contributed by atoms with van der Waals surface area (Å²) < 4.78 is 2.27. The summed E-state index contributed by atoms with van der Waals surface area (Å²) in [7, 11) is 0. The number of fused-ring (bicyclic) bond motifs is 1. The molecule has 2 heterocycles. The van der Waals surface area contributed by atoms with Crippen molar-refractivity contribution in [3.63, 3.8) is 0 Å². The molecule has 1 aliphatic heterocycles. The molecule has 0 bridgehead atoms. The lowest BCUT2D eigenvalue weighted by atomic mass is 10.1. The lowest BCUT2D eigenvalue weighted by Crippen LogP contribution is -2.20. The quantitative estimate of drug-likeness (QED) is 0.883. The summed E-state index contributed by atoms with van der Waals surface area (Å²) in [6.07, 6.45) is 5.47. The summed E-state index contributed by atoms with van der Waals surface area (Å²) in [6, 6.07) is 7.75. The minimum atomic E-state index is -0.548. The summed E-state index contributed by atoms with van der Waals surface area (Å²) in [5.41, 5.74) is 3.06. The molecule has 0 radical (unpaired) electrons. The molecule has 0 saturated heterocycles. The van der Waals surface area contributed by atoms with Crippen molar-refractivity contribution in [3.8, 4) is 11.4 Å². The van der Waals surface area contributed by atoms with Crippen molar-refractivity contribution in [1.29, 1.82) is 0 Å². The van der Waals surface area contributed by atoms with E-state index in [-0.39, 0.29) is 5.91 Å². The Morgan fingerprint density at radius 1 is 1.43 bits per heavy atom. The molecule has 0 spiro atoms. The number of amides is 1. The summed E-state index contributed by atoms with van der Waals surface area (Å²) in [5.74, 6) is 0.777. The van der Waals surface area contributed by atoms with E-state index in [2.05, 4.69) is 14.9 Å². The Morgan fingerprint density at radius 3 is 3.10 bits per heavy atom. The second kappa shape index (κ2) is 5.90. The molecular formula is C16H18ClN3O. The fourth-order valence-electron chi connectivity index (χ4n) is 2.64. The smallest absolute Gasteiger partial charge is 0.242 e. The molecule has 21 heavy (non-hydrogen) atoms. The predicted octanol–water partition coefficient (Wildman–Crippen LogP) is 3.45. The Morgan fingerprint density at radius 2 is 2.29 bits per heavy atom. The molecule has 5 heteroatoms. The Hall–Kier alpha value is -1.81. The number of benzene rings is 1. The van der Waals surface area contributed by atoms with Crippen LogP contribution in [0.15, 0.2) is 30.5 Å². The third-order valence-electron chi connectivity index (χ3n) is 3.75. The average molecular weight is 304 g/mol. The van der Waals surface area contributed by atoms with E-state index in [4.69, 9.17) is 11.6 Å². The van der Waals surface area contributed by atoms with Gasteiger partial charge in [-0.3, -0.25) is 4.79 Å². The molecule has 0 aliphatic carbocycles. The fourth-order valence-corrected chi connectivity index (χ4v) is 2.70. The standard InChI is InChI=1S/C16H18ClN3O/c1-11(17)16(21)19-13-6-4-5-12(9-13)15-18-10-14-7-2-3-8-20(14)15/h4-6,9-11H,2-3,7-8H2,1H3,(H,19,21). The molecule has 1 aromatic carbocycles. The van der Waals surface area contributed by atoms with E-state index in [1.807, 2.05) is 30.5 Å². The van der Waals surface area contributed by atoms with Crippen LogP contribution in [-0.2, 0) is 17.8 Å². The summed E-state index contributed by atoms with van der Waals surface area (Å²) in [6.45, 7) is 2.67. The van der Waals surface area contributed by atoms with Gasteiger partial charge in [0.25, 0.3) is 0 Å². The number of hydrogen-bond donors (Lipinski definition) is 1. The van der Waals surface area contributed by atoms with Crippen LogP contribution in [0.25, 0.3) is 11.4 Å². The van der Waals surface area contributed by atoms with Gasteiger partial charge in [0.2, 0.25) is 5.91 Å². The molecule has 0 saturated carbocycles. The minimum Gasteiger partial charge on any atom is -0.328 e. The number of rotatable bonds is 3. The number of nitrogens with zero attached hydrogens (tertiary/aromatic N) is 2. The second-order valence-corrected chi connectivity index (χ2v) is 6.02. The number of aromatic nitrogens is 2. The zero-order valence-electron chi connectivity index (χ0n) is 12.0. The fraction of sp³-hybridized carbons (Fsp3) is 0.375. The Kier molecular flexibility index (Phi) is 3.97. The van der Waals surface area contributed by atoms with E-state index in [1.165, 1.54) is 18.5 Å². The number of aryl methyl sites for hydroxylation is 1. The van der Waals surface area contributed by atoms with E-state index < -0.39 is 5.38 Å². The molecule has 4 nitrogen and oxygen atoms in total. The number of hydrogen-bond acceptors (Lipinski definition) is 2. The SMILES string of the molecule is CC(Cl)C(=O)Nc1cccc(-c2ncc3n2CCCC3)c1. The summed E-state index contributed by atoms with van der Waals surface area (Å²) >= 11 is 5.78. The van der Waals surface area contributed by atoms with E-state index in [0.717, 1.165) is 30.0 Å². The maximum absolute atomic E-state index is 11.7. The number of alkyl halides is 1. The first kappa shape index (κ1) is 14.1. The van der Waals surface area contributed by atoms with Crippen molar-refractivity contribution in [2.45, 2.75) is 38.1 Å². The first-order chi connectivity index (χ1) is 10.1. The van der Waals surface area contributed by atoms with E-state index >= 15 is 0 Å². The molecule has 3 rings (SSSR count). The lowest BCUT2D eigenvalue weighted by molar-refractivity contribution is -0.115. The average Bonchev–Trinajstić information content (AvgIpc) is 2.91. The number of halogens is 1. The van der Waals surface area contributed by atoms with Crippen LogP contribution in [0.3, 0.4) is 0 Å². The normalized spacial score (nSPS) is 15.3. The minimum absolute atomic E-state index is 0.195. The van der Waals surface area contributed by atoms with Gasteiger partial charge in [0, 0.05) is 29.7 Å². The zero-order valence-corrected chi connectivity index (χ0v) is 12.7. The van der Waals surface area contributed by atoms with Gasteiger partial charge in [-0.25, -0.2) is 4.98 Å². The highest BCUT2D eigenvalue weighted by atomic mass is 35.5. The number of anilines is 1. The highest BCUT2D eigenvalue weighted by molar-refractivity contribution is 6.32. The van der Waals surface area contributed by atoms with Crippen molar-refractivity contribution in [2.24, 2.45) is 0 Å². The van der Waals surface area contributed by atoms with Crippen LogP contribution in [0, 0.1) is 0 Å². The molecule has 110 valence electrons. The monoisotopic (exact) mass is 303 g/mol. The third kappa shape index (κ3) is 2.95. The van der Waals surface area contributed by atoms with Gasteiger partial charge in [-0.15, -0.1) is 11.6 Å². The molecule has 1 aromatic heterocycles. The Balaban J connectivity index is 1.89. The second-order valence-electron chi connectivity index (χ2n) is 5.37. The van der Waals surface area contributed by atoms with Crippen LogP contribution < -0.4 is 5.32 Å². The molecule has 1 amide bonds. The Labute approximate surface area is 129 Å². The molecule has 0 fully saturated rings. The van der Waals surface area contributed by atoms with Crippen LogP contribution in [0.5, 0.6) is 0 Å². The molecule has 1 aliphatic rings. The van der Waals surface area contributed by atoms with E-state index in [0.29, 0.717) is 0 Å². The van der Waals surface area contributed by atoms with Crippen molar-refractivity contribution in [3.05, 3.63) is 36.2 Å². The van der Waals surface area contributed by atoms with Gasteiger partial charge in [-0.2, -0.15) is 0 Å². The van der Waals surface area contributed by atoms with Gasteiger partial charge >= 0.3 is 0 Å². The summed E-state index contributed by atoms with van der Waals surface area (Å²) in [5, 5.41) is 2.27. The van der Waals surface area contributed by atoms with Gasteiger partial charge in [0.05, 0.1) is 0 Å². The zero-order chi connectivity index (χ0) is 14.8. The number of nitrogens with one attached hydrogen (secondary N) is 1. The first-order valence-corrected chi connectivity index (χ1v) is 7.68. The Bertz CT molecular complexity index is 663. The van der Waals surface area contributed by atoms with Gasteiger partial charge in [-0.05, 0) is 38.3 Å². The van der Waals surface area contributed by atoms with Gasteiger partial charge < -0.3 is 9.88 Å². The first-order valence-electron chi connectivity index (χ1n) is 7.25. The van der Waals surface area contributed by atoms with Crippen LogP contribution >= 0.6 is 11.6 Å². The topological polar surface area (TPSA) is 46.9 Å². The van der Waals surface area contributed by atoms with E-state index in [1.54, 1.807) is 6.92 Å². The largest absolute Gasteiger partial charge is 0.328 e. The lowest BCUT2D eigenvalue weighted by Gasteiger charge is -2.17.